The minimum Gasteiger partial charge on any atom is -0.395 e. The number of aromatic nitrogens is 2. The molecule has 1 aliphatic rings. The maximum absolute atomic E-state index is 12.7. The second-order valence-electron chi connectivity index (χ2n) is 6.64. The third-order valence-corrected chi connectivity index (χ3v) is 5.55. The molecule has 6 nitrogen and oxygen atoms in total. The Kier molecular flexibility index (Phi) is 6.46. The van der Waals surface area contributed by atoms with Crippen LogP contribution in [0, 0.1) is 12.8 Å². The van der Waals surface area contributed by atoms with Gasteiger partial charge in [-0.15, -0.1) is 11.3 Å². The Balaban J connectivity index is 1.63. The van der Waals surface area contributed by atoms with Crippen molar-refractivity contribution in [2.75, 3.05) is 18.5 Å². The molecular weight excluding hydrogens is 348 g/mol. The zero-order valence-corrected chi connectivity index (χ0v) is 15.9. The summed E-state index contributed by atoms with van der Waals surface area (Å²) >= 11 is 1.67. The van der Waals surface area contributed by atoms with Crippen molar-refractivity contribution >= 4 is 23.2 Å². The van der Waals surface area contributed by atoms with E-state index in [1.807, 2.05) is 29.8 Å². The zero-order valence-electron chi connectivity index (χ0n) is 15.1. The van der Waals surface area contributed by atoms with Gasteiger partial charge in [-0.05, 0) is 44.2 Å². The van der Waals surface area contributed by atoms with Gasteiger partial charge in [-0.25, -0.2) is 9.48 Å². The Labute approximate surface area is 158 Å². The summed E-state index contributed by atoms with van der Waals surface area (Å²) in [4.78, 5) is 16.7. The van der Waals surface area contributed by atoms with Crippen LogP contribution in [0.4, 0.5) is 10.6 Å². The molecule has 0 spiro atoms. The lowest BCUT2D eigenvalue weighted by Crippen LogP contribution is -2.37. The normalized spacial score (nSPS) is 16.6. The number of rotatable bonds is 7. The van der Waals surface area contributed by atoms with E-state index in [9.17, 15) is 9.90 Å². The number of hydrogen-bond donors (Lipinski definition) is 2. The summed E-state index contributed by atoms with van der Waals surface area (Å²) in [6.07, 6.45) is 9.48. The molecule has 0 aromatic carbocycles. The van der Waals surface area contributed by atoms with Crippen LogP contribution in [-0.4, -0.2) is 39.0 Å². The minimum atomic E-state index is -0.213. The summed E-state index contributed by atoms with van der Waals surface area (Å²) in [5, 5.41) is 16.6. The number of thiophene rings is 1. The fourth-order valence-electron chi connectivity index (χ4n) is 3.17. The van der Waals surface area contributed by atoms with Gasteiger partial charge in [-0.1, -0.05) is 12.2 Å². The Morgan fingerprint density at radius 3 is 3.00 bits per heavy atom. The second kappa shape index (κ2) is 9.00. The van der Waals surface area contributed by atoms with E-state index < -0.39 is 0 Å². The van der Waals surface area contributed by atoms with Crippen LogP contribution in [0.1, 0.15) is 29.0 Å². The maximum Gasteiger partial charge on any atom is 0.323 e. The van der Waals surface area contributed by atoms with Crippen LogP contribution in [0.5, 0.6) is 0 Å². The molecular formula is C19H26N4O2S. The van der Waals surface area contributed by atoms with Crippen LogP contribution in [0.15, 0.2) is 36.5 Å². The summed E-state index contributed by atoms with van der Waals surface area (Å²) < 4.78 is 1.87. The number of anilines is 1. The lowest BCUT2D eigenvalue weighted by atomic mass is 9.94. The molecule has 0 aliphatic heterocycles. The van der Waals surface area contributed by atoms with Gasteiger partial charge in [-0.3, -0.25) is 5.32 Å². The highest BCUT2D eigenvalue weighted by Crippen LogP contribution is 2.22. The molecule has 140 valence electrons. The predicted octanol–water partition coefficient (Wildman–Crippen LogP) is 3.64. The monoisotopic (exact) mass is 374 g/mol. The Hall–Kier alpha value is -2.12. The van der Waals surface area contributed by atoms with Crippen molar-refractivity contribution < 1.29 is 9.90 Å². The second-order valence-corrected chi connectivity index (χ2v) is 8.01. The van der Waals surface area contributed by atoms with Crippen molar-refractivity contribution in [2.24, 2.45) is 5.92 Å². The van der Waals surface area contributed by atoms with Gasteiger partial charge in [0, 0.05) is 28.9 Å². The number of carbonyl (C=O) groups excluding carboxylic acids is 1. The standard InChI is InChI=1S/C19H26N4O2S/c1-15-7-8-17(26-15)14-22(11-12-24)19(25)21-18-9-10-20-23(18)13-16-5-3-2-4-6-16/h2-3,7-10,16,24H,4-6,11-14H2,1H3,(H,21,25)/t16-/m1/s1. The molecule has 2 heterocycles. The SMILES string of the molecule is Cc1ccc(CN(CCO)C(=O)Nc2ccnn2C[C@@H]2CC=CCC2)s1. The summed E-state index contributed by atoms with van der Waals surface area (Å²) in [5.74, 6) is 1.26. The third kappa shape index (κ3) is 4.95. The molecule has 2 N–H and O–H groups in total. The van der Waals surface area contributed by atoms with E-state index in [-0.39, 0.29) is 12.6 Å². The molecule has 2 aromatic rings. The fraction of sp³-hybridized carbons (Fsp3) is 0.474. The molecule has 1 aliphatic carbocycles. The van der Waals surface area contributed by atoms with Crippen molar-refractivity contribution in [2.45, 2.75) is 39.3 Å². The number of hydrogen-bond acceptors (Lipinski definition) is 4. The Morgan fingerprint density at radius 2 is 2.31 bits per heavy atom. The van der Waals surface area contributed by atoms with Gasteiger partial charge in [0.15, 0.2) is 0 Å². The quantitative estimate of drug-likeness (QED) is 0.727. The summed E-state index contributed by atoms with van der Waals surface area (Å²) in [5.41, 5.74) is 0. The number of aliphatic hydroxyl groups is 1. The van der Waals surface area contributed by atoms with Gasteiger partial charge >= 0.3 is 6.03 Å². The van der Waals surface area contributed by atoms with Crippen LogP contribution in [0.25, 0.3) is 0 Å². The molecule has 26 heavy (non-hydrogen) atoms. The number of aryl methyl sites for hydroxylation is 1. The predicted molar refractivity (Wildman–Crippen MR) is 104 cm³/mol. The number of urea groups is 1. The van der Waals surface area contributed by atoms with Gasteiger partial charge in [0.25, 0.3) is 0 Å². The molecule has 3 rings (SSSR count). The fourth-order valence-corrected chi connectivity index (χ4v) is 4.08. The van der Waals surface area contributed by atoms with E-state index >= 15 is 0 Å². The van der Waals surface area contributed by atoms with Gasteiger partial charge in [0.05, 0.1) is 19.3 Å². The van der Waals surface area contributed by atoms with Crippen molar-refractivity contribution in [3.05, 3.63) is 46.3 Å². The lowest BCUT2D eigenvalue weighted by molar-refractivity contribution is 0.186. The first kappa shape index (κ1) is 18.7. The molecule has 0 saturated carbocycles. The van der Waals surface area contributed by atoms with Gasteiger partial charge in [-0.2, -0.15) is 5.10 Å². The average Bonchev–Trinajstić information content (AvgIpc) is 3.24. The van der Waals surface area contributed by atoms with Crippen molar-refractivity contribution in [1.82, 2.24) is 14.7 Å². The molecule has 2 amide bonds. The lowest BCUT2D eigenvalue weighted by Gasteiger charge is -2.23. The van der Waals surface area contributed by atoms with Crippen LogP contribution in [0.2, 0.25) is 0 Å². The first-order chi connectivity index (χ1) is 12.7. The number of aliphatic hydroxyl groups excluding tert-OH is 1. The highest BCUT2D eigenvalue weighted by atomic mass is 32.1. The largest absolute Gasteiger partial charge is 0.395 e. The van der Waals surface area contributed by atoms with Crippen LogP contribution in [-0.2, 0) is 13.1 Å². The van der Waals surface area contributed by atoms with Crippen molar-refractivity contribution in [3.8, 4) is 0 Å². The summed E-state index contributed by atoms with van der Waals surface area (Å²) in [6.45, 7) is 3.57. The number of nitrogens with one attached hydrogen (secondary N) is 1. The van der Waals surface area contributed by atoms with E-state index in [2.05, 4.69) is 22.6 Å². The smallest absolute Gasteiger partial charge is 0.323 e. The molecule has 0 unspecified atom stereocenters. The van der Waals surface area contributed by atoms with Gasteiger partial charge < -0.3 is 10.0 Å². The van der Waals surface area contributed by atoms with Gasteiger partial charge in [0.2, 0.25) is 0 Å². The molecule has 2 aromatic heterocycles. The first-order valence-corrected chi connectivity index (χ1v) is 9.86. The van der Waals surface area contributed by atoms with E-state index in [1.165, 1.54) is 4.88 Å². The molecule has 7 heteroatoms. The van der Waals surface area contributed by atoms with Crippen LogP contribution >= 0.6 is 11.3 Å². The Morgan fingerprint density at radius 1 is 1.42 bits per heavy atom. The van der Waals surface area contributed by atoms with Gasteiger partial charge in [0.1, 0.15) is 5.82 Å². The number of amides is 2. The molecule has 0 bridgehead atoms. The highest BCUT2D eigenvalue weighted by molar-refractivity contribution is 7.11. The number of carbonyl (C=O) groups is 1. The first-order valence-electron chi connectivity index (χ1n) is 9.04. The molecule has 1 atom stereocenters. The Bertz CT molecular complexity index is 752. The average molecular weight is 375 g/mol. The highest BCUT2D eigenvalue weighted by Gasteiger charge is 2.18. The van der Waals surface area contributed by atoms with E-state index in [1.54, 1.807) is 22.4 Å². The van der Waals surface area contributed by atoms with Crippen molar-refractivity contribution in [1.29, 1.82) is 0 Å². The maximum atomic E-state index is 12.7. The van der Waals surface area contributed by atoms with Crippen LogP contribution in [0.3, 0.4) is 0 Å². The molecule has 0 radical (unpaired) electrons. The summed E-state index contributed by atoms with van der Waals surface area (Å²) in [7, 11) is 0. The molecule has 0 saturated heterocycles. The van der Waals surface area contributed by atoms with E-state index in [0.29, 0.717) is 24.8 Å². The van der Waals surface area contributed by atoms with E-state index in [0.717, 1.165) is 30.7 Å². The topological polar surface area (TPSA) is 70.4 Å². The minimum absolute atomic E-state index is 0.0640. The van der Waals surface area contributed by atoms with E-state index in [4.69, 9.17) is 0 Å². The third-order valence-electron chi connectivity index (χ3n) is 4.56. The number of allylic oxidation sites excluding steroid dienone is 2. The van der Waals surface area contributed by atoms with Crippen LogP contribution < -0.4 is 5.32 Å². The number of nitrogens with zero attached hydrogens (tertiary/aromatic N) is 3. The summed E-state index contributed by atoms with van der Waals surface area (Å²) in [6, 6.07) is 5.68. The zero-order chi connectivity index (χ0) is 18.4. The molecule has 0 fully saturated rings. The van der Waals surface area contributed by atoms with Crippen molar-refractivity contribution in [3.63, 3.8) is 0 Å².